The molecule has 2 amide bonds. The van der Waals surface area contributed by atoms with Crippen molar-refractivity contribution in [3.8, 4) is 0 Å². The van der Waals surface area contributed by atoms with Crippen molar-refractivity contribution < 1.29 is 23.9 Å². The van der Waals surface area contributed by atoms with Gasteiger partial charge in [-0.3, -0.25) is 14.5 Å². The maximum Gasteiger partial charge on any atom is 0.235 e. The van der Waals surface area contributed by atoms with Crippen LogP contribution >= 0.6 is 0 Å². The van der Waals surface area contributed by atoms with Crippen LogP contribution in [0.4, 0.5) is 0 Å². The third-order valence-electron chi connectivity index (χ3n) is 4.33. The van der Waals surface area contributed by atoms with Gasteiger partial charge in [0.15, 0.2) is 0 Å². The normalized spacial score (nSPS) is 31.7. The predicted octanol–water partition coefficient (Wildman–Crippen LogP) is 0.723. The minimum atomic E-state index is -0.501. The number of imide groups is 1. The van der Waals surface area contributed by atoms with Crippen LogP contribution in [0.1, 0.15) is 39.5 Å². The summed E-state index contributed by atoms with van der Waals surface area (Å²) in [5, 5.41) is 0. The summed E-state index contributed by atoms with van der Waals surface area (Å²) in [7, 11) is 1.48. The van der Waals surface area contributed by atoms with E-state index in [2.05, 4.69) is 0 Å². The smallest absolute Gasteiger partial charge is 0.235 e. The molecular formula is C15H21NO5. The van der Waals surface area contributed by atoms with Crippen LogP contribution in [0.15, 0.2) is 0 Å². The van der Waals surface area contributed by atoms with E-state index < -0.39 is 24.0 Å². The van der Waals surface area contributed by atoms with Gasteiger partial charge in [-0.05, 0) is 26.7 Å². The lowest BCUT2D eigenvalue weighted by Gasteiger charge is -2.19. The second-order valence-corrected chi connectivity index (χ2v) is 5.98. The van der Waals surface area contributed by atoms with Gasteiger partial charge in [0, 0.05) is 19.9 Å². The number of nitrogens with zero attached hydrogens (tertiary/aromatic N) is 1. The molecule has 0 radical (unpaired) electrons. The van der Waals surface area contributed by atoms with E-state index in [1.54, 1.807) is 0 Å². The van der Waals surface area contributed by atoms with Crippen molar-refractivity contribution in [2.24, 2.45) is 11.8 Å². The first kappa shape index (κ1) is 15.8. The van der Waals surface area contributed by atoms with Crippen LogP contribution in [-0.4, -0.2) is 47.5 Å². The van der Waals surface area contributed by atoms with Gasteiger partial charge in [-0.2, -0.15) is 0 Å². The van der Waals surface area contributed by atoms with Gasteiger partial charge in [0.25, 0.3) is 0 Å². The van der Waals surface area contributed by atoms with Crippen LogP contribution in [0.2, 0.25) is 0 Å². The van der Waals surface area contributed by atoms with Gasteiger partial charge < -0.3 is 14.3 Å². The molecule has 0 aromatic heterocycles. The van der Waals surface area contributed by atoms with Crippen molar-refractivity contribution in [1.29, 1.82) is 0 Å². The fourth-order valence-electron chi connectivity index (χ4n) is 3.22. The summed E-state index contributed by atoms with van der Waals surface area (Å²) >= 11 is 0. The zero-order valence-corrected chi connectivity index (χ0v) is 12.6. The molecule has 0 aromatic rings. The summed E-state index contributed by atoms with van der Waals surface area (Å²) in [5.41, 5.74) is 0. The zero-order valence-electron chi connectivity index (χ0n) is 12.6. The van der Waals surface area contributed by atoms with Gasteiger partial charge in [-0.25, -0.2) is 0 Å². The first-order valence-electron chi connectivity index (χ1n) is 7.28. The molecule has 2 aliphatic heterocycles. The second-order valence-electron chi connectivity index (χ2n) is 5.98. The standard InChI is InChI=1S/C15H21NO5/c1-8(17)4-6-10-12-13(15(20)16(3)14(12)19)11(21-10)7-5-9(2)18/h10-13H,4-7H2,1-3H3/t10-,11+,12-,13+. The van der Waals surface area contributed by atoms with E-state index in [0.29, 0.717) is 25.7 Å². The molecule has 116 valence electrons. The molecule has 6 heteroatoms. The molecule has 2 saturated heterocycles. The fourth-order valence-corrected chi connectivity index (χ4v) is 3.22. The lowest BCUT2D eigenvalue weighted by Crippen LogP contribution is -2.33. The molecular weight excluding hydrogens is 274 g/mol. The Morgan fingerprint density at radius 3 is 1.67 bits per heavy atom. The molecule has 6 nitrogen and oxygen atoms in total. The van der Waals surface area contributed by atoms with Crippen LogP contribution in [0.3, 0.4) is 0 Å². The lowest BCUT2D eigenvalue weighted by molar-refractivity contribution is -0.142. The topological polar surface area (TPSA) is 80.8 Å². The molecule has 2 aliphatic rings. The highest BCUT2D eigenvalue weighted by atomic mass is 16.5. The molecule has 0 N–H and O–H groups in total. The van der Waals surface area contributed by atoms with Crippen LogP contribution in [0.5, 0.6) is 0 Å². The monoisotopic (exact) mass is 295 g/mol. The maximum absolute atomic E-state index is 12.2. The molecule has 0 saturated carbocycles. The average Bonchev–Trinajstić information content (AvgIpc) is 2.87. The molecule has 0 aromatic carbocycles. The Hall–Kier alpha value is -1.56. The molecule has 2 heterocycles. The second kappa shape index (κ2) is 6.05. The highest BCUT2D eigenvalue weighted by molar-refractivity contribution is 6.05. The van der Waals surface area contributed by atoms with Crippen molar-refractivity contribution in [3.05, 3.63) is 0 Å². The fraction of sp³-hybridized carbons (Fsp3) is 0.733. The molecule has 21 heavy (non-hydrogen) atoms. The number of carbonyl (C=O) groups excluding carboxylic acids is 4. The third kappa shape index (κ3) is 3.05. The van der Waals surface area contributed by atoms with E-state index in [-0.39, 0.29) is 23.4 Å². The lowest BCUT2D eigenvalue weighted by atomic mass is 9.86. The van der Waals surface area contributed by atoms with Crippen molar-refractivity contribution >= 4 is 23.4 Å². The Labute approximate surface area is 123 Å². The molecule has 2 fully saturated rings. The number of ether oxygens (including phenoxy) is 1. The zero-order chi connectivity index (χ0) is 15.7. The van der Waals surface area contributed by atoms with Crippen LogP contribution < -0.4 is 0 Å². The van der Waals surface area contributed by atoms with E-state index in [1.165, 1.54) is 20.9 Å². The molecule has 4 atom stereocenters. The van der Waals surface area contributed by atoms with Crippen LogP contribution in [0, 0.1) is 11.8 Å². The minimum Gasteiger partial charge on any atom is -0.373 e. The number of hydrogen-bond acceptors (Lipinski definition) is 5. The Morgan fingerprint density at radius 1 is 0.952 bits per heavy atom. The summed E-state index contributed by atoms with van der Waals surface area (Å²) in [5.74, 6) is -1.40. The Kier molecular flexibility index (Phi) is 4.56. The summed E-state index contributed by atoms with van der Waals surface area (Å²) in [6, 6.07) is 0. The van der Waals surface area contributed by atoms with Crippen LogP contribution in [-0.2, 0) is 23.9 Å². The Bertz CT molecular complexity index is 444. The van der Waals surface area contributed by atoms with Crippen molar-refractivity contribution in [2.75, 3.05) is 7.05 Å². The van der Waals surface area contributed by atoms with Gasteiger partial charge in [0.05, 0.1) is 24.0 Å². The quantitative estimate of drug-likeness (QED) is 0.675. The van der Waals surface area contributed by atoms with E-state index in [0.717, 1.165) is 4.90 Å². The van der Waals surface area contributed by atoms with E-state index >= 15 is 0 Å². The van der Waals surface area contributed by atoms with Gasteiger partial charge in [0.1, 0.15) is 11.6 Å². The third-order valence-corrected chi connectivity index (χ3v) is 4.33. The van der Waals surface area contributed by atoms with Gasteiger partial charge >= 0.3 is 0 Å². The number of fused-ring (bicyclic) bond motifs is 1. The molecule has 2 rings (SSSR count). The molecule has 0 bridgehead atoms. The van der Waals surface area contributed by atoms with E-state index in [9.17, 15) is 19.2 Å². The van der Waals surface area contributed by atoms with Crippen LogP contribution in [0.25, 0.3) is 0 Å². The number of Topliss-reactive ketones (excluding diaryl/α,β-unsaturated/α-hetero) is 2. The van der Waals surface area contributed by atoms with Gasteiger partial charge in [-0.15, -0.1) is 0 Å². The number of amides is 2. The van der Waals surface area contributed by atoms with Gasteiger partial charge in [0.2, 0.25) is 11.8 Å². The number of hydrogen-bond donors (Lipinski definition) is 0. The number of likely N-dealkylation sites (tertiary alicyclic amines) is 1. The molecule has 0 spiro atoms. The highest BCUT2D eigenvalue weighted by Gasteiger charge is 2.58. The highest BCUT2D eigenvalue weighted by Crippen LogP contribution is 2.43. The van der Waals surface area contributed by atoms with Crippen molar-refractivity contribution in [1.82, 2.24) is 4.90 Å². The minimum absolute atomic E-state index is 0.0347. The first-order chi connectivity index (χ1) is 9.82. The SMILES string of the molecule is CC(=O)CC[C@@H]1O[C@H](CCC(C)=O)[C@H]2C(=O)N(C)C(=O)[C@H]21. The van der Waals surface area contributed by atoms with Crippen molar-refractivity contribution in [3.63, 3.8) is 0 Å². The number of ketones is 2. The molecule has 0 unspecified atom stereocenters. The number of rotatable bonds is 6. The van der Waals surface area contributed by atoms with E-state index in [4.69, 9.17) is 4.74 Å². The largest absolute Gasteiger partial charge is 0.373 e. The summed E-state index contributed by atoms with van der Waals surface area (Å²) in [6.07, 6.45) is 0.742. The molecule has 0 aliphatic carbocycles. The summed E-state index contributed by atoms with van der Waals surface area (Å²) < 4.78 is 5.85. The summed E-state index contributed by atoms with van der Waals surface area (Å²) in [6.45, 7) is 2.99. The van der Waals surface area contributed by atoms with E-state index in [1.807, 2.05) is 0 Å². The maximum atomic E-state index is 12.2. The summed E-state index contributed by atoms with van der Waals surface area (Å²) in [4.78, 5) is 47.8. The Balaban J connectivity index is 2.14. The predicted molar refractivity (Wildman–Crippen MR) is 73.2 cm³/mol. The first-order valence-corrected chi connectivity index (χ1v) is 7.28. The number of carbonyl (C=O) groups is 4. The van der Waals surface area contributed by atoms with Gasteiger partial charge in [-0.1, -0.05) is 0 Å². The van der Waals surface area contributed by atoms with Crippen molar-refractivity contribution in [2.45, 2.75) is 51.7 Å². The average molecular weight is 295 g/mol. The Morgan fingerprint density at radius 2 is 1.33 bits per heavy atom.